The molecule has 1 rings (SSSR count). The number of hydrogen-bond donors (Lipinski definition) is 1. The molecule has 6 heteroatoms. The average Bonchev–Trinajstić information content (AvgIpc) is 2.34. The van der Waals surface area contributed by atoms with E-state index in [-0.39, 0.29) is 23.8 Å². The maximum Gasteiger partial charge on any atom is 0.258 e. The van der Waals surface area contributed by atoms with Crippen LogP contribution in [0.4, 0.5) is 0 Å². The summed E-state index contributed by atoms with van der Waals surface area (Å²) >= 11 is 3.26. The zero-order chi connectivity index (χ0) is 15.3. The Labute approximate surface area is 126 Å². The summed E-state index contributed by atoms with van der Waals surface area (Å²) in [5.41, 5.74) is -0.0251. The Morgan fingerprint density at radius 2 is 2.05 bits per heavy atom. The Balaban J connectivity index is 2.89. The summed E-state index contributed by atoms with van der Waals surface area (Å²) in [4.78, 5) is 22.9. The third-order valence-corrected chi connectivity index (χ3v) is 3.00. The second-order valence-electron chi connectivity index (χ2n) is 5.20. The second kappa shape index (κ2) is 6.74. The lowest BCUT2D eigenvalue weighted by atomic mass is 10.1. The summed E-state index contributed by atoms with van der Waals surface area (Å²) < 4.78 is 11.2. The fourth-order valence-corrected chi connectivity index (χ4v) is 1.97. The van der Waals surface area contributed by atoms with E-state index in [2.05, 4.69) is 21.2 Å². The number of hydrogen-bond acceptors (Lipinski definition) is 4. The molecule has 1 aromatic carbocycles. The number of benzene rings is 1. The predicted molar refractivity (Wildman–Crippen MR) is 79.5 cm³/mol. The van der Waals surface area contributed by atoms with Gasteiger partial charge in [0, 0.05) is 10.0 Å². The number of carbonyl (C=O) groups excluding carboxylic acids is 2. The van der Waals surface area contributed by atoms with Crippen molar-refractivity contribution < 1.29 is 19.1 Å². The lowest BCUT2D eigenvalue weighted by Gasteiger charge is -2.21. The van der Waals surface area contributed by atoms with Crippen LogP contribution in [-0.4, -0.2) is 31.4 Å². The molecule has 110 valence electrons. The third kappa shape index (κ3) is 4.52. The summed E-state index contributed by atoms with van der Waals surface area (Å²) in [7, 11) is 1.47. The number of ether oxygens (including phenoxy) is 2. The first-order chi connectivity index (χ1) is 9.28. The van der Waals surface area contributed by atoms with Crippen molar-refractivity contribution in [1.29, 1.82) is 0 Å². The van der Waals surface area contributed by atoms with Gasteiger partial charge in [-0.1, -0.05) is 0 Å². The first-order valence-corrected chi connectivity index (χ1v) is 6.83. The van der Waals surface area contributed by atoms with Crippen LogP contribution in [0.5, 0.6) is 11.5 Å². The van der Waals surface area contributed by atoms with Crippen molar-refractivity contribution >= 4 is 28.1 Å². The minimum absolute atomic E-state index is 0.190. The highest BCUT2D eigenvalue weighted by atomic mass is 79.9. The van der Waals surface area contributed by atoms with Crippen LogP contribution >= 0.6 is 15.9 Å². The van der Waals surface area contributed by atoms with E-state index in [1.165, 1.54) is 7.11 Å². The van der Waals surface area contributed by atoms with Crippen molar-refractivity contribution in [3.63, 3.8) is 0 Å². The summed E-state index contributed by atoms with van der Waals surface area (Å²) in [5, 5.41) is 2.77. The molecule has 0 atom stereocenters. The zero-order valence-corrected chi connectivity index (χ0v) is 13.5. The largest absolute Gasteiger partial charge is 0.493 e. The van der Waals surface area contributed by atoms with Gasteiger partial charge in [0.1, 0.15) is 0 Å². The molecule has 0 aromatic heterocycles. The number of nitrogens with one attached hydrogen (secondary N) is 1. The van der Waals surface area contributed by atoms with Crippen LogP contribution in [0.25, 0.3) is 0 Å². The number of amides is 1. The topological polar surface area (TPSA) is 64.6 Å². The molecule has 0 aliphatic rings. The summed E-state index contributed by atoms with van der Waals surface area (Å²) in [6, 6.07) is 3.35. The number of aldehydes is 1. The molecule has 0 unspecified atom stereocenters. The lowest BCUT2D eigenvalue weighted by molar-refractivity contribution is -0.124. The fourth-order valence-electron chi connectivity index (χ4n) is 1.57. The summed E-state index contributed by atoms with van der Waals surface area (Å²) in [5.74, 6) is 0.385. The van der Waals surface area contributed by atoms with Gasteiger partial charge in [-0.2, -0.15) is 0 Å². The van der Waals surface area contributed by atoms with Crippen LogP contribution in [0.3, 0.4) is 0 Å². The monoisotopic (exact) mass is 343 g/mol. The van der Waals surface area contributed by atoms with E-state index < -0.39 is 0 Å². The summed E-state index contributed by atoms with van der Waals surface area (Å²) in [6.07, 6.45) is 0.656. The smallest absolute Gasteiger partial charge is 0.258 e. The van der Waals surface area contributed by atoms with Gasteiger partial charge in [-0.15, -0.1) is 0 Å². The van der Waals surface area contributed by atoms with Crippen molar-refractivity contribution in [1.82, 2.24) is 5.32 Å². The SMILES string of the molecule is COc1ccc(Br)c(C=O)c1OCC(=O)NC(C)(C)C. The summed E-state index contributed by atoms with van der Waals surface area (Å²) in [6.45, 7) is 5.44. The van der Waals surface area contributed by atoms with Crippen molar-refractivity contribution in [2.45, 2.75) is 26.3 Å². The van der Waals surface area contributed by atoms with Gasteiger partial charge in [0.2, 0.25) is 0 Å². The Kier molecular flexibility index (Phi) is 5.56. The molecule has 1 amide bonds. The van der Waals surface area contributed by atoms with Crippen LogP contribution in [0.1, 0.15) is 31.1 Å². The number of methoxy groups -OCH3 is 1. The van der Waals surface area contributed by atoms with Crippen LogP contribution in [0, 0.1) is 0 Å². The van der Waals surface area contributed by atoms with E-state index >= 15 is 0 Å². The molecule has 20 heavy (non-hydrogen) atoms. The first-order valence-electron chi connectivity index (χ1n) is 6.04. The Bertz CT molecular complexity index is 509. The highest BCUT2D eigenvalue weighted by Gasteiger charge is 2.18. The van der Waals surface area contributed by atoms with Gasteiger partial charge in [-0.05, 0) is 48.8 Å². The highest BCUT2D eigenvalue weighted by molar-refractivity contribution is 9.10. The molecule has 0 bridgehead atoms. The Morgan fingerprint density at radius 1 is 1.40 bits per heavy atom. The molecule has 1 N–H and O–H groups in total. The van der Waals surface area contributed by atoms with Crippen molar-refractivity contribution in [2.24, 2.45) is 0 Å². The molecule has 0 saturated heterocycles. The second-order valence-corrected chi connectivity index (χ2v) is 6.05. The number of halogens is 1. The van der Waals surface area contributed by atoms with E-state index in [0.29, 0.717) is 22.1 Å². The molecule has 1 aromatic rings. The molecular formula is C14H18BrNO4. The lowest BCUT2D eigenvalue weighted by Crippen LogP contribution is -2.43. The third-order valence-electron chi connectivity index (χ3n) is 2.31. The molecule has 0 heterocycles. The molecular weight excluding hydrogens is 326 g/mol. The minimum Gasteiger partial charge on any atom is -0.493 e. The van der Waals surface area contributed by atoms with Crippen LogP contribution in [0.15, 0.2) is 16.6 Å². The van der Waals surface area contributed by atoms with Gasteiger partial charge >= 0.3 is 0 Å². The predicted octanol–water partition coefficient (Wildman–Crippen LogP) is 2.56. The maximum atomic E-state index is 11.7. The van der Waals surface area contributed by atoms with Crippen LogP contribution in [-0.2, 0) is 4.79 Å². The zero-order valence-electron chi connectivity index (χ0n) is 12.0. The molecule has 0 fully saturated rings. The molecule has 5 nitrogen and oxygen atoms in total. The van der Waals surface area contributed by atoms with E-state index in [9.17, 15) is 9.59 Å². The van der Waals surface area contributed by atoms with Gasteiger partial charge in [0.25, 0.3) is 5.91 Å². The van der Waals surface area contributed by atoms with E-state index in [0.717, 1.165) is 0 Å². The molecule has 0 spiro atoms. The molecule has 0 aliphatic heterocycles. The Hall–Kier alpha value is -1.56. The van der Waals surface area contributed by atoms with E-state index in [1.54, 1.807) is 12.1 Å². The van der Waals surface area contributed by atoms with Crippen molar-refractivity contribution in [2.75, 3.05) is 13.7 Å². The average molecular weight is 344 g/mol. The molecule has 0 saturated carbocycles. The number of carbonyl (C=O) groups is 2. The van der Waals surface area contributed by atoms with Gasteiger partial charge < -0.3 is 14.8 Å². The van der Waals surface area contributed by atoms with Gasteiger partial charge in [0.05, 0.1) is 12.7 Å². The van der Waals surface area contributed by atoms with Crippen LogP contribution < -0.4 is 14.8 Å². The fraction of sp³-hybridized carbons (Fsp3) is 0.429. The standard InChI is InChI=1S/C14H18BrNO4/c1-14(2,3)16-12(18)8-20-13-9(7-17)10(15)5-6-11(13)19-4/h5-7H,8H2,1-4H3,(H,16,18). The normalized spacial score (nSPS) is 10.8. The maximum absolute atomic E-state index is 11.7. The molecule has 0 aliphatic carbocycles. The van der Waals surface area contributed by atoms with Gasteiger partial charge in [-0.25, -0.2) is 0 Å². The highest BCUT2D eigenvalue weighted by Crippen LogP contribution is 2.35. The van der Waals surface area contributed by atoms with Gasteiger partial charge in [-0.3, -0.25) is 9.59 Å². The van der Waals surface area contributed by atoms with E-state index in [4.69, 9.17) is 9.47 Å². The first kappa shape index (κ1) is 16.5. The number of rotatable bonds is 5. The molecule has 0 radical (unpaired) electrons. The Morgan fingerprint density at radius 3 is 2.55 bits per heavy atom. The quantitative estimate of drug-likeness (QED) is 0.834. The minimum atomic E-state index is -0.338. The van der Waals surface area contributed by atoms with Crippen molar-refractivity contribution in [3.8, 4) is 11.5 Å². The van der Waals surface area contributed by atoms with Crippen LogP contribution in [0.2, 0.25) is 0 Å². The van der Waals surface area contributed by atoms with Crippen molar-refractivity contribution in [3.05, 3.63) is 22.2 Å². The van der Waals surface area contributed by atoms with Gasteiger partial charge in [0.15, 0.2) is 24.4 Å². The van der Waals surface area contributed by atoms with E-state index in [1.807, 2.05) is 20.8 Å².